The van der Waals surface area contributed by atoms with Gasteiger partial charge < -0.3 is 14.4 Å². The van der Waals surface area contributed by atoms with E-state index in [2.05, 4.69) is 0 Å². The topological polar surface area (TPSA) is 76.1 Å². The normalized spacial score (nSPS) is 14.6. The molecule has 0 saturated carbocycles. The van der Waals surface area contributed by atoms with Gasteiger partial charge in [-0.15, -0.1) is 0 Å². The molecule has 0 aromatic heterocycles. The predicted molar refractivity (Wildman–Crippen MR) is 124 cm³/mol. The van der Waals surface area contributed by atoms with E-state index in [1.54, 1.807) is 24.1 Å². The first-order valence-electron chi connectivity index (χ1n) is 10.8. The summed E-state index contributed by atoms with van der Waals surface area (Å²) in [7, 11) is -2.08. The zero-order valence-corrected chi connectivity index (χ0v) is 19.0. The quantitative estimate of drug-likeness (QED) is 0.578. The molecule has 0 saturated heterocycles. The van der Waals surface area contributed by atoms with Crippen LogP contribution in [-0.4, -0.2) is 46.0 Å². The third-order valence-electron chi connectivity index (χ3n) is 5.89. The minimum Gasteiger partial charge on any atom is -0.486 e. The second-order valence-electron chi connectivity index (χ2n) is 8.12. The van der Waals surface area contributed by atoms with E-state index in [0.29, 0.717) is 55.5 Å². The second-order valence-corrected chi connectivity index (χ2v) is 9.99. The van der Waals surface area contributed by atoms with Crippen LogP contribution in [0.3, 0.4) is 0 Å². The van der Waals surface area contributed by atoms with Crippen LogP contribution >= 0.6 is 0 Å². The number of amides is 1. The standard InChI is InChI=1S/C25H24N2O5S/c1-26(17-18-9-10-23-24(15-18)32-14-13-31-23)25(28)20-6-4-7-21(16-20)33(29,30)27-12-11-19-5-2-3-8-22(19)27/h2-10,15-16H,11-14,17H2,1H3. The van der Waals surface area contributed by atoms with Gasteiger partial charge in [0.15, 0.2) is 11.5 Å². The Balaban J connectivity index is 1.36. The van der Waals surface area contributed by atoms with Crippen LogP contribution in [0, 0.1) is 0 Å². The van der Waals surface area contributed by atoms with Gasteiger partial charge in [0.05, 0.1) is 10.6 Å². The van der Waals surface area contributed by atoms with Crippen LogP contribution < -0.4 is 13.8 Å². The largest absolute Gasteiger partial charge is 0.486 e. The fourth-order valence-corrected chi connectivity index (χ4v) is 5.78. The van der Waals surface area contributed by atoms with Crippen LogP contribution in [0.5, 0.6) is 11.5 Å². The molecule has 170 valence electrons. The number of fused-ring (bicyclic) bond motifs is 2. The molecule has 0 N–H and O–H groups in total. The minimum atomic E-state index is -3.77. The van der Waals surface area contributed by atoms with Crippen molar-refractivity contribution >= 4 is 21.6 Å². The van der Waals surface area contributed by atoms with Crippen LogP contribution in [0.2, 0.25) is 0 Å². The van der Waals surface area contributed by atoms with Crippen molar-refractivity contribution < 1.29 is 22.7 Å². The summed E-state index contributed by atoms with van der Waals surface area (Å²) in [6.07, 6.45) is 0.673. The van der Waals surface area contributed by atoms with Crippen molar-refractivity contribution in [3.63, 3.8) is 0 Å². The maximum atomic E-state index is 13.3. The monoisotopic (exact) mass is 464 g/mol. The van der Waals surface area contributed by atoms with Gasteiger partial charge in [0.25, 0.3) is 15.9 Å². The Bertz CT molecular complexity index is 1320. The van der Waals surface area contributed by atoms with E-state index < -0.39 is 10.0 Å². The molecule has 2 aliphatic heterocycles. The molecule has 8 heteroatoms. The lowest BCUT2D eigenvalue weighted by molar-refractivity contribution is 0.0784. The number of nitrogens with zero attached hydrogens (tertiary/aromatic N) is 2. The summed E-state index contributed by atoms with van der Waals surface area (Å²) in [6, 6.07) is 19.3. The van der Waals surface area contributed by atoms with Crippen molar-refractivity contribution in [2.75, 3.05) is 31.1 Å². The Labute approximate surface area is 193 Å². The lowest BCUT2D eigenvalue weighted by Gasteiger charge is -2.22. The number of anilines is 1. The molecule has 1 amide bonds. The lowest BCUT2D eigenvalue weighted by Crippen LogP contribution is -2.30. The summed E-state index contributed by atoms with van der Waals surface area (Å²) >= 11 is 0. The highest BCUT2D eigenvalue weighted by atomic mass is 32.2. The first-order chi connectivity index (χ1) is 15.9. The number of benzene rings is 3. The maximum Gasteiger partial charge on any atom is 0.264 e. The van der Waals surface area contributed by atoms with E-state index in [0.717, 1.165) is 11.1 Å². The molecule has 0 spiro atoms. The zero-order valence-electron chi connectivity index (χ0n) is 18.2. The molecule has 0 bridgehead atoms. The number of carbonyl (C=O) groups excluding carboxylic acids is 1. The van der Waals surface area contributed by atoms with Gasteiger partial charge in [-0.25, -0.2) is 8.42 Å². The molecule has 0 aliphatic carbocycles. The van der Waals surface area contributed by atoms with E-state index >= 15 is 0 Å². The van der Waals surface area contributed by atoms with Gasteiger partial charge in [-0.2, -0.15) is 0 Å². The highest BCUT2D eigenvalue weighted by Gasteiger charge is 2.31. The van der Waals surface area contributed by atoms with Crippen molar-refractivity contribution in [2.24, 2.45) is 0 Å². The van der Waals surface area contributed by atoms with Gasteiger partial charge in [-0.05, 0) is 53.9 Å². The number of sulfonamides is 1. The molecule has 7 nitrogen and oxygen atoms in total. The fourth-order valence-electron chi connectivity index (χ4n) is 4.23. The summed E-state index contributed by atoms with van der Waals surface area (Å²) in [5.74, 6) is 1.10. The Morgan fingerprint density at radius 1 is 0.970 bits per heavy atom. The van der Waals surface area contributed by atoms with Crippen LogP contribution in [0.25, 0.3) is 0 Å². The Morgan fingerprint density at radius 2 is 1.76 bits per heavy atom. The SMILES string of the molecule is CN(Cc1ccc2c(c1)OCCO2)C(=O)c1cccc(S(=O)(=O)N2CCc3ccccc32)c1. The number of hydrogen-bond donors (Lipinski definition) is 0. The van der Waals surface area contributed by atoms with Gasteiger partial charge in [-0.3, -0.25) is 9.10 Å². The molecule has 0 radical (unpaired) electrons. The molecule has 3 aromatic carbocycles. The van der Waals surface area contributed by atoms with E-state index in [9.17, 15) is 13.2 Å². The van der Waals surface area contributed by atoms with Crippen LogP contribution in [0.15, 0.2) is 71.6 Å². The number of ether oxygens (including phenoxy) is 2. The molecular formula is C25H24N2O5S. The van der Waals surface area contributed by atoms with Gasteiger partial charge in [0.1, 0.15) is 13.2 Å². The smallest absolute Gasteiger partial charge is 0.264 e. The zero-order chi connectivity index (χ0) is 23.0. The van der Waals surface area contributed by atoms with Crippen molar-refractivity contribution in [1.82, 2.24) is 4.90 Å². The lowest BCUT2D eigenvalue weighted by atomic mass is 10.1. The molecule has 33 heavy (non-hydrogen) atoms. The van der Waals surface area contributed by atoms with Crippen molar-refractivity contribution in [2.45, 2.75) is 17.9 Å². The molecule has 2 aliphatic rings. The van der Waals surface area contributed by atoms with E-state index in [-0.39, 0.29) is 10.8 Å². The molecule has 0 unspecified atom stereocenters. The molecule has 5 rings (SSSR count). The van der Waals surface area contributed by atoms with Crippen molar-refractivity contribution in [1.29, 1.82) is 0 Å². The Hall–Kier alpha value is -3.52. The van der Waals surface area contributed by atoms with Crippen LogP contribution in [0.4, 0.5) is 5.69 Å². The average Bonchev–Trinajstić information content (AvgIpc) is 3.29. The molecule has 3 aromatic rings. The summed E-state index contributed by atoms with van der Waals surface area (Å²) in [4.78, 5) is 14.8. The van der Waals surface area contributed by atoms with Gasteiger partial charge in [0, 0.05) is 25.7 Å². The third kappa shape index (κ3) is 4.02. The van der Waals surface area contributed by atoms with Crippen LogP contribution in [0.1, 0.15) is 21.5 Å². The number of para-hydroxylation sites is 1. The number of rotatable bonds is 5. The van der Waals surface area contributed by atoms with E-state index in [1.165, 1.54) is 16.4 Å². The minimum absolute atomic E-state index is 0.109. The fraction of sp³-hybridized carbons (Fsp3) is 0.240. The highest BCUT2D eigenvalue weighted by Crippen LogP contribution is 2.33. The Morgan fingerprint density at radius 3 is 2.61 bits per heavy atom. The van der Waals surface area contributed by atoms with E-state index in [4.69, 9.17) is 9.47 Å². The number of hydrogen-bond acceptors (Lipinski definition) is 5. The molecule has 0 fully saturated rings. The summed E-state index contributed by atoms with van der Waals surface area (Å²) in [6.45, 7) is 1.76. The first-order valence-corrected chi connectivity index (χ1v) is 12.2. The van der Waals surface area contributed by atoms with Gasteiger partial charge >= 0.3 is 0 Å². The average molecular weight is 465 g/mol. The second kappa shape index (κ2) is 8.44. The highest BCUT2D eigenvalue weighted by molar-refractivity contribution is 7.92. The third-order valence-corrected chi connectivity index (χ3v) is 7.70. The summed E-state index contributed by atoms with van der Waals surface area (Å²) in [5, 5.41) is 0. The molecule has 0 atom stereocenters. The van der Waals surface area contributed by atoms with Crippen molar-refractivity contribution in [3.05, 3.63) is 83.4 Å². The van der Waals surface area contributed by atoms with Crippen molar-refractivity contribution in [3.8, 4) is 11.5 Å². The first kappa shape index (κ1) is 21.3. The van der Waals surface area contributed by atoms with Gasteiger partial charge in [0.2, 0.25) is 0 Å². The van der Waals surface area contributed by atoms with E-state index in [1.807, 2.05) is 42.5 Å². The van der Waals surface area contributed by atoms with Gasteiger partial charge in [-0.1, -0.05) is 30.3 Å². The molecule has 2 heterocycles. The predicted octanol–water partition coefficient (Wildman–Crippen LogP) is 3.48. The maximum absolute atomic E-state index is 13.3. The summed E-state index contributed by atoms with van der Waals surface area (Å²) < 4.78 is 39.3. The Kier molecular flexibility index (Phi) is 5.46. The number of carbonyl (C=O) groups is 1. The summed E-state index contributed by atoms with van der Waals surface area (Å²) in [5.41, 5.74) is 2.92. The molecular weight excluding hydrogens is 440 g/mol. The van der Waals surface area contributed by atoms with Crippen LogP contribution in [-0.2, 0) is 23.0 Å².